The summed E-state index contributed by atoms with van der Waals surface area (Å²) >= 11 is 0. The molecule has 0 aliphatic heterocycles. The average molecular weight is 330 g/mol. The van der Waals surface area contributed by atoms with Gasteiger partial charge in [-0.15, -0.1) is 0 Å². The molecule has 2 N–H and O–H groups in total. The van der Waals surface area contributed by atoms with E-state index in [4.69, 9.17) is 0 Å². The molecular formula is C14H16F6O2. The molecule has 0 heterocycles. The van der Waals surface area contributed by atoms with Crippen LogP contribution in [0.2, 0.25) is 0 Å². The Hall–Kier alpha value is -0.760. The summed E-state index contributed by atoms with van der Waals surface area (Å²) in [5.74, 6) is -3.08. The maximum absolute atomic E-state index is 13.0. The molecule has 6 atom stereocenters. The summed E-state index contributed by atoms with van der Waals surface area (Å²) in [5, 5.41) is 19.8. The van der Waals surface area contributed by atoms with Crippen LogP contribution in [-0.2, 0) is 0 Å². The Morgan fingerprint density at radius 3 is 1.95 bits per heavy atom. The van der Waals surface area contributed by atoms with Gasteiger partial charge in [0.25, 0.3) is 5.60 Å². The molecule has 22 heavy (non-hydrogen) atoms. The number of rotatable bonds is 1. The molecule has 126 valence electrons. The summed E-state index contributed by atoms with van der Waals surface area (Å²) < 4.78 is 78.0. The van der Waals surface area contributed by atoms with Crippen molar-refractivity contribution >= 4 is 0 Å². The van der Waals surface area contributed by atoms with E-state index in [0.29, 0.717) is 6.42 Å². The van der Waals surface area contributed by atoms with Crippen LogP contribution in [0.4, 0.5) is 26.3 Å². The summed E-state index contributed by atoms with van der Waals surface area (Å²) in [6, 6.07) is 0. The van der Waals surface area contributed by atoms with E-state index in [2.05, 4.69) is 0 Å². The smallest absolute Gasteiger partial charge is 0.392 e. The number of aliphatic hydroxyl groups excluding tert-OH is 1. The molecule has 0 amide bonds. The molecule has 0 aromatic rings. The topological polar surface area (TPSA) is 40.5 Å². The normalized spacial score (nSPS) is 41.8. The van der Waals surface area contributed by atoms with Crippen molar-refractivity contribution in [2.45, 2.75) is 43.3 Å². The number of alkyl halides is 6. The molecule has 8 heteroatoms. The van der Waals surface area contributed by atoms with Crippen molar-refractivity contribution in [3.63, 3.8) is 0 Å². The van der Waals surface area contributed by atoms with E-state index in [-0.39, 0.29) is 24.2 Å². The second kappa shape index (κ2) is 4.63. The molecule has 2 bridgehead atoms. The van der Waals surface area contributed by atoms with Gasteiger partial charge in [0.2, 0.25) is 0 Å². The maximum atomic E-state index is 13.0. The van der Waals surface area contributed by atoms with Gasteiger partial charge < -0.3 is 10.2 Å². The Balaban J connectivity index is 1.95. The Morgan fingerprint density at radius 2 is 1.41 bits per heavy atom. The molecular weight excluding hydrogens is 314 g/mol. The fraction of sp³-hybridized carbons (Fsp3) is 0.857. The number of fused-ring (bicyclic) bond motifs is 5. The molecule has 3 aliphatic rings. The molecule has 2 nitrogen and oxygen atoms in total. The first-order chi connectivity index (χ1) is 9.98. The first-order valence-corrected chi connectivity index (χ1v) is 7.20. The molecule has 0 aromatic carbocycles. The second-order valence-corrected chi connectivity index (χ2v) is 6.63. The monoisotopic (exact) mass is 330 g/mol. The van der Waals surface area contributed by atoms with Crippen LogP contribution in [0.1, 0.15) is 19.3 Å². The number of hydrogen-bond acceptors (Lipinski definition) is 2. The predicted octanol–water partition coefficient (Wildman–Crippen LogP) is 3.05. The van der Waals surface area contributed by atoms with E-state index in [1.54, 1.807) is 6.08 Å². The third-order valence-corrected chi connectivity index (χ3v) is 5.71. The lowest BCUT2D eigenvalue weighted by Gasteiger charge is -2.48. The van der Waals surface area contributed by atoms with Crippen LogP contribution >= 0.6 is 0 Å². The molecule has 0 radical (unpaired) electrons. The summed E-state index contributed by atoms with van der Waals surface area (Å²) in [7, 11) is 0. The zero-order chi connectivity index (χ0) is 16.5. The van der Waals surface area contributed by atoms with Gasteiger partial charge in [0.05, 0.1) is 6.10 Å². The molecule has 6 unspecified atom stereocenters. The molecule has 2 fully saturated rings. The highest BCUT2D eigenvalue weighted by Gasteiger charge is 2.76. The minimum absolute atomic E-state index is 0.0908. The molecule has 3 aliphatic carbocycles. The van der Waals surface area contributed by atoms with E-state index in [9.17, 15) is 36.6 Å². The van der Waals surface area contributed by atoms with Gasteiger partial charge >= 0.3 is 12.4 Å². The van der Waals surface area contributed by atoms with Gasteiger partial charge in [0.1, 0.15) is 0 Å². The highest BCUT2D eigenvalue weighted by molar-refractivity contribution is 5.18. The van der Waals surface area contributed by atoms with Crippen LogP contribution in [-0.4, -0.2) is 34.3 Å². The highest BCUT2D eigenvalue weighted by Crippen LogP contribution is 2.59. The van der Waals surface area contributed by atoms with Crippen molar-refractivity contribution < 1.29 is 36.6 Å². The van der Waals surface area contributed by atoms with Gasteiger partial charge in [0.15, 0.2) is 0 Å². The lowest BCUT2D eigenvalue weighted by Crippen LogP contribution is -2.66. The zero-order valence-corrected chi connectivity index (χ0v) is 11.4. The molecule has 3 rings (SSSR count). The third-order valence-electron chi connectivity index (χ3n) is 5.71. The van der Waals surface area contributed by atoms with E-state index in [1.807, 2.05) is 6.08 Å². The first kappa shape index (κ1) is 16.1. The van der Waals surface area contributed by atoms with Gasteiger partial charge in [0, 0.05) is 5.92 Å². The largest absolute Gasteiger partial charge is 0.426 e. The van der Waals surface area contributed by atoms with E-state index < -0.39 is 42.3 Å². The summed E-state index contributed by atoms with van der Waals surface area (Å²) in [6.45, 7) is 0. The highest BCUT2D eigenvalue weighted by atomic mass is 19.4. The summed E-state index contributed by atoms with van der Waals surface area (Å²) in [5.41, 5.74) is -4.87. The Labute approximate surface area is 122 Å². The lowest BCUT2D eigenvalue weighted by atomic mass is 9.63. The van der Waals surface area contributed by atoms with Crippen LogP contribution in [0.25, 0.3) is 0 Å². The van der Waals surface area contributed by atoms with E-state index in [0.717, 1.165) is 0 Å². The van der Waals surface area contributed by atoms with Crippen LogP contribution in [0.5, 0.6) is 0 Å². The zero-order valence-electron chi connectivity index (χ0n) is 11.4. The molecule has 0 spiro atoms. The number of halogens is 6. The molecule has 0 aromatic heterocycles. The van der Waals surface area contributed by atoms with Crippen molar-refractivity contribution in [2.24, 2.45) is 29.6 Å². The van der Waals surface area contributed by atoms with E-state index in [1.165, 1.54) is 0 Å². The van der Waals surface area contributed by atoms with Gasteiger partial charge in [-0.25, -0.2) is 0 Å². The fourth-order valence-electron chi connectivity index (χ4n) is 4.72. The minimum Gasteiger partial charge on any atom is -0.392 e. The number of aliphatic hydroxyl groups is 2. The van der Waals surface area contributed by atoms with Crippen molar-refractivity contribution in [1.29, 1.82) is 0 Å². The van der Waals surface area contributed by atoms with Crippen molar-refractivity contribution in [3.05, 3.63) is 12.2 Å². The Bertz CT molecular complexity index is 469. The van der Waals surface area contributed by atoms with Gasteiger partial charge in [-0.2, -0.15) is 26.3 Å². The van der Waals surface area contributed by atoms with Crippen molar-refractivity contribution in [2.75, 3.05) is 0 Å². The van der Waals surface area contributed by atoms with Gasteiger partial charge in [-0.3, -0.25) is 0 Å². The van der Waals surface area contributed by atoms with Crippen molar-refractivity contribution in [3.8, 4) is 0 Å². The summed E-state index contributed by atoms with van der Waals surface area (Å²) in [6.07, 6.45) is -9.55. The second-order valence-electron chi connectivity index (χ2n) is 6.63. The average Bonchev–Trinajstić information content (AvgIpc) is 2.96. The van der Waals surface area contributed by atoms with Gasteiger partial charge in [-0.1, -0.05) is 12.2 Å². The quantitative estimate of drug-likeness (QED) is 0.573. The van der Waals surface area contributed by atoms with Crippen LogP contribution in [0.15, 0.2) is 12.2 Å². The third kappa shape index (κ3) is 1.95. The Morgan fingerprint density at radius 1 is 0.864 bits per heavy atom. The maximum Gasteiger partial charge on any atom is 0.426 e. The standard InChI is InChI=1S/C14H16F6O2/c15-13(16,17)12(22,14(18,19)20)9-4-3-8-6-1-2-7(5-6)10(8)11(9)21/h1-2,6-11,21-22H,3-5H2. The van der Waals surface area contributed by atoms with E-state index >= 15 is 0 Å². The van der Waals surface area contributed by atoms with Crippen LogP contribution in [0.3, 0.4) is 0 Å². The Kier molecular flexibility index (Phi) is 3.39. The van der Waals surface area contributed by atoms with Crippen LogP contribution < -0.4 is 0 Å². The van der Waals surface area contributed by atoms with Crippen molar-refractivity contribution in [1.82, 2.24) is 0 Å². The number of allylic oxidation sites excluding steroid dienone is 2. The fourth-order valence-corrected chi connectivity index (χ4v) is 4.72. The predicted molar refractivity (Wildman–Crippen MR) is 63.5 cm³/mol. The molecule has 0 saturated heterocycles. The van der Waals surface area contributed by atoms with Crippen LogP contribution in [0, 0.1) is 29.6 Å². The number of hydrogen-bond donors (Lipinski definition) is 2. The lowest BCUT2D eigenvalue weighted by molar-refractivity contribution is -0.395. The summed E-state index contributed by atoms with van der Waals surface area (Å²) in [4.78, 5) is 0. The molecule has 2 saturated carbocycles. The SMILES string of the molecule is OC1C2C3C=CC(C3)C2CCC1C(O)(C(F)(F)F)C(F)(F)F. The minimum atomic E-state index is -5.88. The first-order valence-electron chi connectivity index (χ1n) is 7.20. The van der Waals surface area contributed by atoms with Gasteiger partial charge in [-0.05, 0) is 42.9 Å².